The highest BCUT2D eigenvalue weighted by Crippen LogP contribution is 2.40. The fourth-order valence-corrected chi connectivity index (χ4v) is 3.26. The van der Waals surface area contributed by atoms with E-state index in [2.05, 4.69) is 20.8 Å². The molecule has 0 radical (unpaired) electrons. The molecule has 110 valence electrons. The van der Waals surface area contributed by atoms with Crippen LogP contribution in [0.15, 0.2) is 18.2 Å². The van der Waals surface area contributed by atoms with Gasteiger partial charge in [0.2, 0.25) is 0 Å². The van der Waals surface area contributed by atoms with Gasteiger partial charge in [-0.2, -0.15) is 0 Å². The third-order valence-corrected chi connectivity index (χ3v) is 4.83. The number of hydrogen-bond acceptors (Lipinski definition) is 1. The van der Waals surface area contributed by atoms with Crippen molar-refractivity contribution in [1.82, 2.24) is 0 Å². The van der Waals surface area contributed by atoms with Gasteiger partial charge in [0.25, 0.3) is 0 Å². The molecule has 1 nitrogen and oxygen atoms in total. The number of carbonyl (C=O) groups is 1. The predicted molar refractivity (Wildman–Crippen MR) is 80.4 cm³/mol. The fourth-order valence-electron chi connectivity index (χ4n) is 3.06. The largest absolute Gasteiger partial charge is 0.299 e. The molecule has 0 amide bonds. The molecule has 2 unspecified atom stereocenters. The molecule has 2 atom stereocenters. The summed E-state index contributed by atoms with van der Waals surface area (Å²) in [7, 11) is 0. The second-order valence-electron chi connectivity index (χ2n) is 6.94. The van der Waals surface area contributed by atoms with Crippen molar-refractivity contribution in [3.05, 3.63) is 34.6 Å². The molecule has 1 aliphatic carbocycles. The molecule has 2 rings (SSSR count). The lowest BCUT2D eigenvalue weighted by Gasteiger charge is -2.37. The van der Waals surface area contributed by atoms with Crippen LogP contribution in [0.4, 0.5) is 4.39 Å². The van der Waals surface area contributed by atoms with Crippen LogP contribution in [0.5, 0.6) is 0 Å². The minimum Gasteiger partial charge on any atom is -0.299 e. The summed E-state index contributed by atoms with van der Waals surface area (Å²) in [4.78, 5) is 12.1. The van der Waals surface area contributed by atoms with Gasteiger partial charge in [0.15, 0.2) is 0 Å². The first-order valence-corrected chi connectivity index (χ1v) is 7.62. The van der Waals surface area contributed by atoms with Crippen molar-refractivity contribution in [3.63, 3.8) is 0 Å². The van der Waals surface area contributed by atoms with Crippen molar-refractivity contribution in [2.75, 3.05) is 0 Å². The lowest BCUT2D eigenvalue weighted by atomic mass is 9.67. The number of hydrogen-bond donors (Lipinski definition) is 0. The lowest BCUT2D eigenvalue weighted by Crippen LogP contribution is -2.33. The third-order valence-electron chi connectivity index (χ3n) is 4.46. The van der Waals surface area contributed by atoms with Crippen LogP contribution in [0.3, 0.4) is 0 Å². The second-order valence-corrected chi connectivity index (χ2v) is 7.35. The summed E-state index contributed by atoms with van der Waals surface area (Å²) in [5, 5.41) is 0.553. The highest BCUT2D eigenvalue weighted by atomic mass is 35.5. The normalized spacial score (nSPS) is 23.9. The number of carbonyl (C=O) groups excluding carboxylic acids is 1. The zero-order valence-electron chi connectivity index (χ0n) is 12.4. The zero-order chi connectivity index (χ0) is 14.9. The Kier molecular flexibility index (Phi) is 4.53. The molecule has 1 saturated carbocycles. The van der Waals surface area contributed by atoms with E-state index in [1.165, 1.54) is 12.1 Å². The summed E-state index contributed by atoms with van der Waals surface area (Å²) >= 11 is 6.11. The van der Waals surface area contributed by atoms with E-state index >= 15 is 0 Å². The second kappa shape index (κ2) is 5.85. The fraction of sp³-hybridized carbons (Fsp3) is 0.588. The van der Waals surface area contributed by atoms with Gasteiger partial charge >= 0.3 is 0 Å². The van der Waals surface area contributed by atoms with Crippen LogP contribution in [0.1, 0.15) is 45.6 Å². The van der Waals surface area contributed by atoms with E-state index in [0.717, 1.165) is 18.4 Å². The average molecular weight is 297 g/mol. The first-order chi connectivity index (χ1) is 9.27. The molecule has 0 saturated heterocycles. The van der Waals surface area contributed by atoms with E-state index in [0.29, 0.717) is 29.6 Å². The number of ketones is 1. The van der Waals surface area contributed by atoms with Gasteiger partial charge in [-0.25, -0.2) is 4.39 Å². The summed E-state index contributed by atoms with van der Waals surface area (Å²) in [6.45, 7) is 6.67. The van der Waals surface area contributed by atoms with Gasteiger partial charge in [0.05, 0.1) is 0 Å². The van der Waals surface area contributed by atoms with Gasteiger partial charge < -0.3 is 0 Å². The molecule has 0 aliphatic heterocycles. The smallest absolute Gasteiger partial charge is 0.136 e. The van der Waals surface area contributed by atoms with Gasteiger partial charge in [-0.3, -0.25) is 4.79 Å². The molecule has 1 aromatic carbocycles. The van der Waals surface area contributed by atoms with Gasteiger partial charge in [0.1, 0.15) is 11.6 Å². The lowest BCUT2D eigenvalue weighted by molar-refractivity contribution is -0.126. The summed E-state index contributed by atoms with van der Waals surface area (Å²) in [5.74, 6) is 0.524. The van der Waals surface area contributed by atoms with Crippen LogP contribution >= 0.6 is 11.6 Å². The first kappa shape index (κ1) is 15.5. The SMILES string of the molecule is CC(C)(C)C1CCC(=O)C(Cc2cc(F)ccc2Cl)C1. The Balaban J connectivity index is 2.14. The van der Waals surface area contributed by atoms with Crippen molar-refractivity contribution in [2.45, 2.75) is 46.5 Å². The molecule has 0 spiro atoms. The third kappa shape index (κ3) is 3.60. The summed E-state index contributed by atoms with van der Waals surface area (Å²) < 4.78 is 13.3. The van der Waals surface area contributed by atoms with Gasteiger partial charge in [0, 0.05) is 17.4 Å². The molecule has 3 heteroatoms. The summed E-state index contributed by atoms with van der Waals surface area (Å²) in [6.07, 6.45) is 3.05. The van der Waals surface area contributed by atoms with E-state index in [1.807, 2.05) is 0 Å². The number of rotatable bonds is 2. The van der Waals surface area contributed by atoms with Crippen LogP contribution in [-0.4, -0.2) is 5.78 Å². The van der Waals surface area contributed by atoms with E-state index < -0.39 is 0 Å². The maximum atomic E-state index is 13.3. The molecule has 20 heavy (non-hydrogen) atoms. The zero-order valence-corrected chi connectivity index (χ0v) is 13.1. The maximum Gasteiger partial charge on any atom is 0.136 e. The number of Topliss-reactive ketones (excluding diaryl/α,β-unsaturated/α-hetero) is 1. The highest BCUT2D eigenvalue weighted by Gasteiger charge is 2.35. The van der Waals surface area contributed by atoms with Crippen molar-refractivity contribution in [3.8, 4) is 0 Å². The molecule has 0 heterocycles. The van der Waals surface area contributed by atoms with Crippen LogP contribution in [-0.2, 0) is 11.2 Å². The Morgan fingerprint density at radius 2 is 2.05 bits per heavy atom. The molecule has 1 aliphatic rings. The highest BCUT2D eigenvalue weighted by molar-refractivity contribution is 6.31. The number of benzene rings is 1. The Bertz CT molecular complexity index is 504. The van der Waals surface area contributed by atoms with Crippen LogP contribution in [0.25, 0.3) is 0 Å². The van der Waals surface area contributed by atoms with Gasteiger partial charge in [-0.15, -0.1) is 0 Å². The quantitative estimate of drug-likeness (QED) is 0.746. The molecule has 1 aromatic rings. The Morgan fingerprint density at radius 3 is 2.70 bits per heavy atom. The van der Waals surface area contributed by atoms with Crippen molar-refractivity contribution >= 4 is 17.4 Å². The van der Waals surface area contributed by atoms with E-state index in [4.69, 9.17) is 11.6 Å². The monoisotopic (exact) mass is 296 g/mol. The Morgan fingerprint density at radius 1 is 1.35 bits per heavy atom. The Labute approximate surface area is 125 Å². The molecular weight excluding hydrogens is 275 g/mol. The van der Waals surface area contributed by atoms with E-state index in [1.54, 1.807) is 6.07 Å². The van der Waals surface area contributed by atoms with Crippen LogP contribution in [0.2, 0.25) is 5.02 Å². The molecule has 0 bridgehead atoms. The van der Waals surface area contributed by atoms with Gasteiger partial charge in [-0.1, -0.05) is 32.4 Å². The minimum atomic E-state index is -0.292. The summed E-state index contributed by atoms with van der Waals surface area (Å²) in [6, 6.07) is 4.38. The predicted octanol–water partition coefficient (Wildman–Crippen LogP) is 5.05. The Hall–Kier alpha value is -0.890. The van der Waals surface area contributed by atoms with Crippen LogP contribution in [0, 0.1) is 23.1 Å². The van der Waals surface area contributed by atoms with E-state index in [-0.39, 0.29) is 17.2 Å². The molecule has 0 N–H and O–H groups in total. The standard InChI is InChI=1S/C17H22ClFO/c1-17(2,3)13-4-7-16(20)12(9-13)8-11-10-14(19)5-6-15(11)18/h5-6,10,12-13H,4,7-9H2,1-3H3. The molecule has 0 aromatic heterocycles. The molecule has 1 fully saturated rings. The van der Waals surface area contributed by atoms with Crippen LogP contribution < -0.4 is 0 Å². The topological polar surface area (TPSA) is 17.1 Å². The van der Waals surface area contributed by atoms with E-state index in [9.17, 15) is 9.18 Å². The maximum absolute atomic E-state index is 13.3. The van der Waals surface area contributed by atoms with Crippen molar-refractivity contribution in [2.24, 2.45) is 17.3 Å². The van der Waals surface area contributed by atoms with Crippen molar-refractivity contribution in [1.29, 1.82) is 0 Å². The average Bonchev–Trinajstić information content (AvgIpc) is 2.35. The van der Waals surface area contributed by atoms with Crippen molar-refractivity contribution < 1.29 is 9.18 Å². The summed E-state index contributed by atoms with van der Waals surface area (Å²) in [5.41, 5.74) is 0.963. The minimum absolute atomic E-state index is 0.0210. The molecular formula is C17H22ClFO. The van der Waals surface area contributed by atoms with Gasteiger partial charge in [-0.05, 0) is 54.4 Å². The number of halogens is 2. The first-order valence-electron chi connectivity index (χ1n) is 7.24.